The SMILES string of the molecule is O=C(O)C1CCCN(C(=O)NC2CC(=O)N(C3CC3c3ccccc3)C2)C1. The van der Waals surface area contributed by atoms with E-state index in [2.05, 4.69) is 17.4 Å². The Hall–Kier alpha value is -2.57. The second-order valence-corrected chi connectivity index (χ2v) is 7.84. The lowest BCUT2D eigenvalue weighted by Crippen LogP contribution is -2.50. The Morgan fingerprint density at radius 2 is 1.93 bits per heavy atom. The number of rotatable bonds is 4. The molecule has 4 unspecified atom stereocenters. The predicted molar refractivity (Wildman–Crippen MR) is 98.2 cm³/mol. The summed E-state index contributed by atoms with van der Waals surface area (Å²) in [5.74, 6) is -0.867. The highest BCUT2D eigenvalue weighted by Gasteiger charge is 2.48. The van der Waals surface area contributed by atoms with E-state index in [0.717, 1.165) is 6.42 Å². The van der Waals surface area contributed by atoms with Gasteiger partial charge in [0.2, 0.25) is 5.91 Å². The van der Waals surface area contributed by atoms with Gasteiger partial charge in [0.25, 0.3) is 0 Å². The van der Waals surface area contributed by atoms with E-state index in [4.69, 9.17) is 5.11 Å². The maximum Gasteiger partial charge on any atom is 0.317 e. The third kappa shape index (κ3) is 3.77. The van der Waals surface area contributed by atoms with Gasteiger partial charge < -0.3 is 20.2 Å². The van der Waals surface area contributed by atoms with Gasteiger partial charge in [0, 0.05) is 38.0 Å². The molecule has 3 fully saturated rings. The van der Waals surface area contributed by atoms with Crippen molar-refractivity contribution in [3.63, 3.8) is 0 Å². The highest BCUT2D eigenvalue weighted by atomic mass is 16.4. The molecule has 0 aromatic heterocycles. The number of aliphatic carboxylic acids is 1. The van der Waals surface area contributed by atoms with Crippen LogP contribution in [0.2, 0.25) is 0 Å². The smallest absolute Gasteiger partial charge is 0.317 e. The number of hydrogen-bond donors (Lipinski definition) is 2. The summed E-state index contributed by atoms with van der Waals surface area (Å²) < 4.78 is 0. The summed E-state index contributed by atoms with van der Waals surface area (Å²) in [7, 11) is 0. The lowest BCUT2D eigenvalue weighted by molar-refractivity contribution is -0.143. The van der Waals surface area contributed by atoms with Gasteiger partial charge >= 0.3 is 12.0 Å². The zero-order valence-electron chi connectivity index (χ0n) is 15.2. The maximum absolute atomic E-state index is 12.5. The molecular formula is C20H25N3O4. The van der Waals surface area contributed by atoms with Crippen molar-refractivity contribution in [1.29, 1.82) is 0 Å². The lowest BCUT2D eigenvalue weighted by Gasteiger charge is -2.31. The van der Waals surface area contributed by atoms with E-state index >= 15 is 0 Å². The molecule has 4 atom stereocenters. The Labute approximate surface area is 158 Å². The maximum atomic E-state index is 12.5. The minimum atomic E-state index is -0.851. The van der Waals surface area contributed by atoms with Gasteiger partial charge in [-0.05, 0) is 24.8 Å². The number of urea groups is 1. The van der Waals surface area contributed by atoms with Crippen molar-refractivity contribution in [2.75, 3.05) is 19.6 Å². The van der Waals surface area contributed by atoms with Crippen LogP contribution in [0.1, 0.15) is 37.2 Å². The van der Waals surface area contributed by atoms with Crippen molar-refractivity contribution < 1.29 is 19.5 Å². The summed E-state index contributed by atoms with van der Waals surface area (Å²) in [6.07, 6.45) is 2.60. The molecule has 144 valence electrons. The summed E-state index contributed by atoms with van der Waals surface area (Å²) in [6, 6.07) is 9.99. The zero-order chi connectivity index (χ0) is 19.0. The fraction of sp³-hybridized carbons (Fsp3) is 0.550. The molecule has 0 spiro atoms. The second kappa shape index (κ2) is 7.21. The molecule has 3 amide bonds. The van der Waals surface area contributed by atoms with E-state index in [0.29, 0.717) is 38.3 Å². The molecule has 2 heterocycles. The first kappa shape index (κ1) is 17.8. The molecule has 1 aliphatic carbocycles. The fourth-order valence-corrected chi connectivity index (χ4v) is 4.36. The van der Waals surface area contributed by atoms with Gasteiger partial charge in [-0.15, -0.1) is 0 Å². The highest BCUT2D eigenvalue weighted by molar-refractivity contribution is 5.82. The number of benzene rings is 1. The monoisotopic (exact) mass is 371 g/mol. The van der Waals surface area contributed by atoms with E-state index in [-0.39, 0.29) is 30.6 Å². The Kier molecular flexibility index (Phi) is 4.76. The summed E-state index contributed by atoms with van der Waals surface area (Å²) in [6.45, 7) is 1.34. The Morgan fingerprint density at radius 3 is 2.67 bits per heavy atom. The standard InChI is InChI=1S/C20H25N3O4/c24-18-9-15(21-20(27)22-8-4-7-14(11-22)19(25)26)12-23(18)17-10-16(17)13-5-2-1-3-6-13/h1-3,5-6,14-17H,4,7-12H2,(H,21,27)(H,25,26). The molecule has 7 nitrogen and oxygen atoms in total. The van der Waals surface area contributed by atoms with Gasteiger partial charge in [0.15, 0.2) is 0 Å². The van der Waals surface area contributed by atoms with Crippen molar-refractivity contribution in [2.24, 2.45) is 5.92 Å². The van der Waals surface area contributed by atoms with E-state index in [9.17, 15) is 14.4 Å². The molecule has 0 radical (unpaired) electrons. The quantitative estimate of drug-likeness (QED) is 0.842. The molecule has 4 rings (SSSR count). The van der Waals surface area contributed by atoms with Gasteiger partial charge in [0.1, 0.15) is 0 Å². The Morgan fingerprint density at radius 1 is 1.15 bits per heavy atom. The first-order chi connectivity index (χ1) is 13.0. The van der Waals surface area contributed by atoms with Gasteiger partial charge in [0.05, 0.1) is 12.0 Å². The van der Waals surface area contributed by atoms with Crippen LogP contribution in [0.3, 0.4) is 0 Å². The van der Waals surface area contributed by atoms with Gasteiger partial charge in [-0.3, -0.25) is 9.59 Å². The number of nitrogens with zero attached hydrogens (tertiary/aromatic N) is 2. The van der Waals surface area contributed by atoms with Crippen molar-refractivity contribution >= 4 is 17.9 Å². The molecule has 0 bridgehead atoms. The predicted octanol–water partition coefficient (Wildman–Crippen LogP) is 1.65. The first-order valence-electron chi connectivity index (χ1n) is 9.65. The number of nitrogens with one attached hydrogen (secondary N) is 1. The van der Waals surface area contributed by atoms with E-state index in [1.807, 2.05) is 23.1 Å². The van der Waals surface area contributed by atoms with Crippen LogP contribution in [0.4, 0.5) is 4.79 Å². The summed E-state index contributed by atoms with van der Waals surface area (Å²) in [5, 5.41) is 12.1. The minimum Gasteiger partial charge on any atom is -0.481 e. The van der Waals surface area contributed by atoms with E-state index in [1.54, 1.807) is 4.90 Å². The van der Waals surface area contributed by atoms with Gasteiger partial charge in [-0.1, -0.05) is 30.3 Å². The van der Waals surface area contributed by atoms with Crippen LogP contribution >= 0.6 is 0 Å². The van der Waals surface area contributed by atoms with E-state index in [1.165, 1.54) is 5.56 Å². The van der Waals surface area contributed by atoms with Crippen molar-refractivity contribution in [1.82, 2.24) is 15.1 Å². The van der Waals surface area contributed by atoms with Crippen LogP contribution in [0.15, 0.2) is 30.3 Å². The molecule has 3 aliphatic rings. The molecule has 27 heavy (non-hydrogen) atoms. The van der Waals surface area contributed by atoms with Crippen molar-refractivity contribution in [2.45, 2.75) is 43.7 Å². The number of carboxylic acid groups (broad SMARTS) is 1. The van der Waals surface area contributed by atoms with Gasteiger partial charge in [-0.25, -0.2) is 4.79 Å². The number of piperidine rings is 1. The minimum absolute atomic E-state index is 0.0887. The number of carboxylic acids is 1. The van der Waals surface area contributed by atoms with Crippen LogP contribution in [-0.4, -0.2) is 64.5 Å². The van der Waals surface area contributed by atoms with Crippen LogP contribution in [0.25, 0.3) is 0 Å². The van der Waals surface area contributed by atoms with Crippen LogP contribution in [0.5, 0.6) is 0 Å². The third-order valence-corrected chi connectivity index (χ3v) is 5.93. The summed E-state index contributed by atoms with van der Waals surface area (Å²) >= 11 is 0. The topological polar surface area (TPSA) is 90.0 Å². The third-order valence-electron chi connectivity index (χ3n) is 5.93. The molecular weight excluding hydrogens is 346 g/mol. The number of carbonyl (C=O) groups excluding carboxylic acids is 2. The molecule has 1 aromatic rings. The molecule has 2 N–H and O–H groups in total. The molecule has 1 saturated carbocycles. The largest absolute Gasteiger partial charge is 0.481 e. The van der Waals surface area contributed by atoms with Gasteiger partial charge in [-0.2, -0.15) is 0 Å². The lowest BCUT2D eigenvalue weighted by atomic mass is 9.99. The van der Waals surface area contributed by atoms with Crippen molar-refractivity contribution in [3.8, 4) is 0 Å². The first-order valence-corrected chi connectivity index (χ1v) is 9.65. The summed E-state index contributed by atoms with van der Waals surface area (Å²) in [5.41, 5.74) is 1.26. The van der Waals surface area contributed by atoms with Crippen LogP contribution < -0.4 is 5.32 Å². The number of carbonyl (C=O) groups is 3. The number of amides is 3. The second-order valence-electron chi connectivity index (χ2n) is 7.84. The normalized spacial score (nSPS) is 30.3. The van der Waals surface area contributed by atoms with Crippen molar-refractivity contribution in [3.05, 3.63) is 35.9 Å². The highest BCUT2D eigenvalue weighted by Crippen LogP contribution is 2.45. The van der Waals surface area contributed by atoms with Crippen LogP contribution in [-0.2, 0) is 9.59 Å². The fourth-order valence-electron chi connectivity index (χ4n) is 4.36. The van der Waals surface area contributed by atoms with Crippen LogP contribution in [0, 0.1) is 5.92 Å². The molecule has 2 aliphatic heterocycles. The Bertz CT molecular complexity index is 738. The average Bonchev–Trinajstić information content (AvgIpc) is 3.39. The zero-order valence-corrected chi connectivity index (χ0v) is 15.2. The number of likely N-dealkylation sites (tertiary alicyclic amines) is 2. The summed E-state index contributed by atoms with van der Waals surface area (Å²) in [4.78, 5) is 39.6. The number of hydrogen-bond acceptors (Lipinski definition) is 3. The average molecular weight is 371 g/mol. The molecule has 2 saturated heterocycles. The molecule has 7 heteroatoms. The molecule has 1 aromatic carbocycles. The van der Waals surface area contributed by atoms with E-state index < -0.39 is 11.9 Å². The Balaban J connectivity index is 1.31.